The minimum Gasteiger partial charge on any atom is -0.399 e. The van der Waals surface area contributed by atoms with Crippen molar-refractivity contribution >= 4 is 23.3 Å². The first-order valence-corrected chi connectivity index (χ1v) is 9.97. The molecule has 0 saturated carbocycles. The zero-order chi connectivity index (χ0) is 23.0. The maximum absolute atomic E-state index is 13.3. The van der Waals surface area contributed by atoms with Gasteiger partial charge in [0.1, 0.15) is 0 Å². The number of nitrogens with zero attached hydrogens (tertiary/aromatic N) is 2. The van der Waals surface area contributed by atoms with E-state index in [1.165, 1.54) is 17.0 Å². The normalized spacial score (nSPS) is 18.8. The number of carbonyl (C=O) groups excluding carboxylic acids is 2. The molecule has 3 amide bonds. The lowest BCUT2D eigenvalue weighted by molar-refractivity contribution is -0.137. The fraction of sp³-hybridized carbons (Fsp3) is 0.273. The van der Waals surface area contributed by atoms with Crippen LogP contribution in [0.3, 0.4) is 0 Å². The summed E-state index contributed by atoms with van der Waals surface area (Å²) in [4.78, 5) is 28.9. The van der Waals surface area contributed by atoms with Gasteiger partial charge in [0.2, 0.25) is 0 Å². The monoisotopic (exact) mass is 446 g/mol. The standard InChI is InChI=1S/C22H21F3N4O3/c23-22(24,25)14-3-1-4-16(11-14)29-17-12-28(9-2-10-30)20(31)18(17)19(27-21(29)32)13-5-7-15(26)8-6-13/h1,3-8,11,19,30H,2,9-10,12,26H2,(H,27,32). The smallest absolute Gasteiger partial charge is 0.399 e. The third kappa shape index (κ3) is 3.89. The molecule has 32 heavy (non-hydrogen) atoms. The number of anilines is 2. The molecule has 168 valence electrons. The molecular formula is C22H21F3N4O3. The molecule has 0 spiro atoms. The number of halogens is 3. The van der Waals surface area contributed by atoms with E-state index in [4.69, 9.17) is 10.8 Å². The van der Waals surface area contributed by atoms with Crippen LogP contribution in [0.4, 0.5) is 29.3 Å². The summed E-state index contributed by atoms with van der Waals surface area (Å²) < 4.78 is 39.8. The number of nitrogens with two attached hydrogens (primary N) is 1. The first-order valence-electron chi connectivity index (χ1n) is 9.97. The Morgan fingerprint density at radius 1 is 1.12 bits per heavy atom. The maximum Gasteiger partial charge on any atom is 0.416 e. The lowest BCUT2D eigenvalue weighted by atomic mass is 9.95. The quantitative estimate of drug-likeness (QED) is 0.615. The first-order chi connectivity index (χ1) is 15.2. The molecule has 2 aliphatic heterocycles. The van der Waals surface area contributed by atoms with Crippen molar-refractivity contribution in [3.8, 4) is 0 Å². The SMILES string of the molecule is Nc1ccc(C2NC(=O)N(c3cccc(C(F)(F)F)c3)C3=C2C(=O)N(CCCO)C3)cc1. The van der Waals surface area contributed by atoms with Gasteiger partial charge in [-0.15, -0.1) is 0 Å². The highest BCUT2D eigenvalue weighted by molar-refractivity contribution is 6.07. The Labute approximate surface area is 181 Å². The fourth-order valence-electron chi connectivity index (χ4n) is 3.97. The molecule has 0 bridgehead atoms. The van der Waals surface area contributed by atoms with Crippen LogP contribution in [0.15, 0.2) is 59.8 Å². The second kappa shape index (κ2) is 8.19. The van der Waals surface area contributed by atoms with Crippen molar-refractivity contribution < 1.29 is 27.9 Å². The summed E-state index contributed by atoms with van der Waals surface area (Å²) in [7, 11) is 0. The van der Waals surface area contributed by atoms with Gasteiger partial charge in [-0.25, -0.2) is 4.79 Å². The molecule has 2 aromatic rings. The summed E-state index contributed by atoms with van der Waals surface area (Å²) in [6, 6.07) is 9.67. The largest absolute Gasteiger partial charge is 0.416 e. The molecule has 1 atom stereocenters. The molecule has 1 unspecified atom stereocenters. The summed E-state index contributed by atoms with van der Waals surface area (Å²) in [6.07, 6.45) is -4.24. The van der Waals surface area contributed by atoms with Crippen molar-refractivity contribution in [2.45, 2.75) is 18.6 Å². The van der Waals surface area contributed by atoms with Crippen LogP contribution in [0.1, 0.15) is 23.6 Å². The van der Waals surface area contributed by atoms with Crippen molar-refractivity contribution in [1.29, 1.82) is 0 Å². The van der Waals surface area contributed by atoms with Crippen LogP contribution < -0.4 is 16.0 Å². The minimum absolute atomic E-state index is 0.0115. The average molecular weight is 446 g/mol. The highest BCUT2D eigenvalue weighted by atomic mass is 19.4. The lowest BCUT2D eigenvalue weighted by Crippen LogP contribution is -2.47. The van der Waals surface area contributed by atoms with Gasteiger partial charge in [-0.2, -0.15) is 13.2 Å². The van der Waals surface area contributed by atoms with E-state index in [1.807, 2.05) is 0 Å². The topological polar surface area (TPSA) is 98.9 Å². The molecule has 10 heteroatoms. The van der Waals surface area contributed by atoms with Crippen LogP contribution in [0, 0.1) is 0 Å². The van der Waals surface area contributed by atoms with Gasteiger partial charge in [-0.1, -0.05) is 18.2 Å². The molecule has 2 aliphatic rings. The van der Waals surface area contributed by atoms with Crippen LogP contribution in [0.25, 0.3) is 0 Å². The second-order valence-electron chi connectivity index (χ2n) is 7.60. The number of benzene rings is 2. The molecule has 0 aliphatic carbocycles. The van der Waals surface area contributed by atoms with E-state index in [2.05, 4.69) is 5.32 Å². The Kier molecular flexibility index (Phi) is 5.55. The number of nitrogen functional groups attached to an aromatic ring is 1. The molecule has 2 heterocycles. The summed E-state index contributed by atoms with van der Waals surface area (Å²) in [5, 5.41) is 11.9. The summed E-state index contributed by atoms with van der Waals surface area (Å²) >= 11 is 0. The van der Waals surface area contributed by atoms with E-state index < -0.39 is 23.8 Å². The lowest BCUT2D eigenvalue weighted by Gasteiger charge is -2.34. The summed E-state index contributed by atoms with van der Waals surface area (Å²) in [5.74, 6) is -0.341. The zero-order valence-electron chi connectivity index (χ0n) is 16.9. The molecule has 0 radical (unpaired) electrons. The van der Waals surface area contributed by atoms with Crippen LogP contribution in [0.2, 0.25) is 0 Å². The number of hydrogen-bond donors (Lipinski definition) is 3. The van der Waals surface area contributed by atoms with Gasteiger partial charge in [0.05, 0.1) is 35.1 Å². The minimum atomic E-state index is -4.58. The highest BCUT2D eigenvalue weighted by Gasteiger charge is 2.44. The molecule has 0 saturated heterocycles. The van der Waals surface area contributed by atoms with Crippen molar-refractivity contribution in [3.05, 3.63) is 70.9 Å². The second-order valence-corrected chi connectivity index (χ2v) is 7.60. The van der Waals surface area contributed by atoms with Gasteiger partial charge < -0.3 is 21.1 Å². The third-order valence-electron chi connectivity index (χ3n) is 5.49. The third-order valence-corrected chi connectivity index (χ3v) is 5.49. The van der Waals surface area contributed by atoms with E-state index in [0.29, 0.717) is 23.4 Å². The molecule has 4 N–H and O–H groups in total. The van der Waals surface area contributed by atoms with Crippen molar-refractivity contribution in [2.24, 2.45) is 0 Å². The predicted molar refractivity (Wildman–Crippen MR) is 111 cm³/mol. The Hall–Kier alpha value is -3.53. The van der Waals surface area contributed by atoms with E-state index >= 15 is 0 Å². The van der Waals surface area contributed by atoms with E-state index in [1.54, 1.807) is 24.3 Å². The molecular weight excluding hydrogens is 425 g/mol. The number of aliphatic hydroxyl groups is 1. The molecule has 7 nitrogen and oxygen atoms in total. The summed E-state index contributed by atoms with van der Waals surface area (Å²) in [5.41, 5.74) is 6.60. The maximum atomic E-state index is 13.3. The van der Waals surface area contributed by atoms with E-state index in [0.717, 1.165) is 17.0 Å². The average Bonchev–Trinajstić information content (AvgIpc) is 3.07. The molecule has 0 fully saturated rings. The number of amides is 3. The molecule has 0 aromatic heterocycles. The Morgan fingerprint density at radius 3 is 2.50 bits per heavy atom. The number of alkyl halides is 3. The van der Waals surface area contributed by atoms with E-state index in [-0.39, 0.29) is 36.9 Å². The van der Waals surface area contributed by atoms with Crippen molar-refractivity contribution in [3.63, 3.8) is 0 Å². The van der Waals surface area contributed by atoms with Crippen LogP contribution in [-0.2, 0) is 11.0 Å². The molecule has 2 aromatic carbocycles. The highest BCUT2D eigenvalue weighted by Crippen LogP contribution is 2.40. The van der Waals surface area contributed by atoms with Gasteiger partial charge in [0.25, 0.3) is 5.91 Å². The number of rotatable bonds is 5. The van der Waals surface area contributed by atoms with Crippen LogP contribution in [0.5, 0.6) is 0 Å². The Morgan fingerprint density at radius 2 is 1.84 bits per heavy atom. The van der Waals surface area contributed by atoms with Gasteiger partial charge >= 0.3 is 12.2 Å². The van der Waals surface area contributed by atoms with Crippen molar-refractivity contribution in [1.82, 2.24) is 10.2 Å². The number of nitrogens with one attached hydrogen (secondary N) is 1. The zero-order valence-corrected chi connectivity index (χ0v) is 16.9. The molecule has 4 rings (SSSR count). The Balaban J connectivity index is 1.81. The van der Waals surface area contributed by atoms with Crippen LogP contribution in [-0.4, -0.2) is 41.6 Å². The van der Waals surface area contributed by atoms with Gasteiger partial charge in [-0.3, -0.25) is 9.69 Å². The van der Waals surface area contributed by atoms with Crippen LogP contribution >= 0.6 is 0 Å². The van der Waals surface area contributed by atoms with Crippen molar-refractivity contribution in [2.75, 3.05) is 30.3 Å². The predicted octanol–water partition coefficient (Wildman–Crippen LogP) is 3.04. The van der Waals surface area contributed by atoms with Gasteiger partial charge in [0, 0.05) is 18.8 Å². The van der Waals surface area contributed by atoms with Gasteiger partial charge in [0.15, 0.2) is 0 Å². The summed E-state index contributed by atoms with van der Waals surface area (Å²) in [6.45, 7) is 0.176. The number of urea groups is 1. The first kappa shape index (κ1) is 21.7. The number of hydrogen-bond acceptors (Lipinski definition) is 4. The fourth-order valence-corrected chi connectivity index (χ4v) is 3.97. The Bertz CT molecular complexity index is 1080. The van der Waals surface area contributed by atoms with E-state index in [9.17, 15) is 22.8 Å². The number of aliphatic hydroxyl groups excluding tert-OH is 1. The van der Waals surface area contributed by atoms with Gasteiger partial charge in [-0.05, 0) is 42.3 Å². The number of carbonyl (C=O) groups is 2.